The normalized spacial score (nSPS) is 16.8. The average molecular weight is 425 g/mol. The van der Waals surface area contributed by atoms with E-state index in [1.54, 1.807) is 19.1 Å². The van der Waals surface area contributed by atoms with Gasteiger partial charge in [0.05, 0.1) is 26.2 Å². The van der Waals surface area contributed by atoms with Crippen LogP contribution in [-0.4, -0.2) is 44.0 Å². The first-order valence-electron chi connectivity index (χ1n) is 10.8. The highest BCUT2D eigenvalue weighted by molar-refractivity contribution is 5.89. The molecular formula is C25H32N2O4. The van der Waals surface area contributed by atoms with Crippen molar-refractivity contribution in [1.82, 2.24) is 10.2 Å². The number of carbonyl (C=O) groups excluding carboxylic acids is 2. The largest absolute Gasteiger partial charge is 0.493 e. The molecule has 1 saturated heterocycles. The third kappa shape index (κ3) is 5.57. The van der Waals surface area contributed by atoms with E-state index in [-0.39, 0.29) is 30.2 Å². The summed E-state index contributed by atoms with van der Waals surface area (Å²) >= 11 is 0. The number of ether oxygens (including phenoxy) is 2. The van der Waals surface area contributed by atoms with Crippen LogP contribution in [-0.2, 0) is 22.4 Å². The van der Waals surface area contributed by atoms with Crippen molar-refractivity contribution in [3.63, 3.8) is 0 Å². The summed E-state index contributed by atoms with van der Waals surface area (Å²) in [5.41, 5.74) is 3.40. The number of hydrogen-bond acceptors (Lipinski definition) is 4. The van der Waals surface area contributed by atoms with E-state index >= 15 is 0 Å². The second-order valence-corrected chi connectivity index (χ2v) is 8.01. The summed E-state index contributed by atoms with van der Waals surface area (Å²) in [6, 6.07) is 14.0. The van der Waals surface area contributed by atoms with Crippen molar-refractivity contribution in [2.45, 2.75) is 39.2 Å². The Balaban J connectivity index is 1.53. The Kier molecular flexibility index (Phi) is 7.55. The molecule has 0 spiro atoms. The van der Waals surface area contributed by atoms with Gasteiger partial charge < -0.3 is 19.7 Å². The molecule has 2 amide bonds. The maximum absolute atomic E-state index is 12.8. The quantitative estimate of drug-likeness (QED) is 0.669. The van der Waals surface area contributed by atoms with E-state index < -0.39 is 0 Å². The molecule has 1 fully saturated rings. The van der Waals surface area contributed by atoms with Crippen LogP contribution in [0.15, 0.2) is 42.5 Å². The predicted molar refractivity (Wildman–Crippen MR) is 120 cm³/mol. The van der Waals surface area contributed by atoms with E-state index in [0.717, 1.165) is 17.5 Å². The molecule has 31 heavy (non-hydrogen) atoms. The first kappa shape index (κ1) is 22.7. The van der Waals surface area contributed by atoms with Crippen molar-refractivity contribution in [3.05, 3.63) is 59.2 Å². The number of hydrogen-bond donors (Lipinski definition) is 1. The number of methoxy groups -OCH3 is 2. The van der Waals surface area contributed by atoms with Crippen LogP contribution in [0.3, 0.4) is 0 Å². The third-order valence-corrected chi connectivity index (χ3v) is 5.95. The van der Waals surface area contributed by atoms with Crippen LogP contribution in [0, 0.1) is 5.92 Å². The van der Waals surface area contributed by atoms with Gasteiger partial charge in [-0.15, -0.1) is 0 Å². The second kappa shape index (κ2) is 10.3. The van der Waals surface area contributed by atoms with Gasteiger partial charge in [-0.05, 0) is 48.6 Å². The molecule has 6 heteroatoms. The Hall–Kier alpha value is -3.02. The molecule has 0 radical (unpaired) electrons. The minimum absolute atomic E-state index is 0.0283. The van der Waals surface area contributed by atoms with Crippen LogP contribution in [0.1, 0.15) is 43.0 Å². The standard InChI is InChI=1S/C25H32N2O4/c1-5-18-6-9-20(10-7-18)17(2)26-25(29)21-15-24(28)27(16-21)13-12-19-8-11-22(30-3)23(14-19)31-4/h6-11,14,17,21H,5,12-13,15-16H2,1-4H3,(H,26,29). The Morgan fingerprint density at radius 2 is 1.77 bits per heavy atom. The summed E-state index contributed by atoms with van der Waals surface area (Å²) in [6.07, 6.45) is 1.95. The molecule has 1 N–H and O–H groups in total. The van der Waals surface area contributed by atoms with Crippen LogP contribution in [0.25, 0.3) is 0 Å². The van der Waals surface area contributed by atoms with Crippen molar-refractivity contribution in [3.8, 4) is 11.5 Å². The van der Waals surface area contributed by atoms with Gasteiger partial charge in [-0.25, -0.2) is 0 Å². The molecule has 0 saturated carbocycles. The fraction of sp³-hybridized carbons (Fsp3) is 0.440. The van der Waals surface area contributed by atoms with Gasteiger partial charge >= 0.3 is 0 Å². The lowest BCUT2D eigenvalue weighted by atomic mass is 10.0. The summed E-state index contributed by atoms with van der Waals surface area (Å²) < 4.78 is 10.6. The molecule has 0 aliphatic carbocycles. The van der Waals surface area contributed by atoms with Gasteiger partial charge in [-0.1, -0.05) is 37.3 Å². The van der Waals surface area contributed by atoms with E-state index in [4.69, 9.17) is 9.47 Å². The highest BCUT2D eigenvalue weighted by atomic mass is 16.5. The fourth-order valence-electron chi connectivity index (χ4n) is 3.92. The molecule has 2 aromatic rings. The monoisotopic (exact) mass is 424 g/mol. The van der Waals surface area contributed by atoms with Crippen molar-refractivity contribution >= 4 is 11.8 Å². The SMILES string of the molecule is CCc1ccc(C(C)NC(=O)C2CC(=O)N(CCc3ccc(OC)c(OC)c3)C2)cc1. The van der Waals surface area contributed by atoms with E-state index in [0.29, 0.717) is 31.0 Å². The van der Waals surface area contributed by atoms with Crippen LogP contribution in [0.5, 0.6) is 11.5 Å². The Labute approximate surface area is 184 Å². The molecule has 1 heterocycles. The van der Waals surface area contributed by atoms with E-state index in [9.17, 15) is 9.59 Å². The smallest absolute Gasteiger partial charge is 0.225 e. The number of aryl methyl sites for hydroxylation is 1. The molecule has 0 aromatic heterocycles. The first-order chi connectivity index (χ1) is 14.9. The van der Waals surface area contributed by atoms with Crippen molar-refractivity contribution in [1.29, 1.82) is 0 Å². The number of amides is 2. The average Bonchev–Trinajstić information content (AvgIpc) is 3.18. The lowest BCUT2D eigenvalue weighted by Gasteiger charge is -2.19. The molecule has 6 nitrogen and oxygen atoms in total. The minimum Gasteiger partial charge on any atom is -0.493 e. The van der Waals surface area contributed by atoms with Crippen molar-refractivity contribution in [2.24, 2.45) is 5.92 Å². The summed E-state index contributed by atoms with van der Waals surface area (Å²) in [5, 5.41) is 3.07. The molecule has 166 valence electrons. The maximum atomic E-state index is 12.8. The Morgan fingerprint density at radius 1 is 1.10 bits per heavy atom. The number of nitrogens with one attached hydrogen (secondary N) is 1. The molecule has 2 atom stereocenters. The van der Waals surface area contributed by atoms with Crippen LogP contribution < -0.4 is 14.8 Å². The number of rotatable bonds is 9. The highest BCUT2D eigenvalue weighted by Gasteiger charge is 2.34. The number of benzene rings is 2. The zero-order chi connectivity index (χ0) is 22.4. The molecular weight excluding hydrogens is 392 g/mol. The fourth-order valence-corrected chi connectivity index (χ4v) is 3.92. The summed E-state index contributed by atoms with van der Waals surface area (Å²) in [4.78, 5) is 27.0. The molecule has 1 aliphatic heterocycles. The minimum atomic E-state index is -0.310. The van der Waals surface area contributed by atoms with Gasteiger partial charge in [0, 0.05) is 19.5 Å². The van der Waals surface area contributed by atoms with Gasteiger partial charge in [-0.2, -0.15) is 0 Å². The van der Waals surface area contributed by atoms with Crippen molar-refractivity contribution < 1.29 is 19.1 Å². The van der Waals surface area contributed by atoms with Crippen LogP contribution in [0.4, 0.5) is 0 Å². The lowest BCUT2D eigenvalue weighted by Crippen LogP contribution is -2.35. The van der Waals surface area contributed by atoms with E-state index in [2.05, 4.69) is 36.5 Å². The zero-order valence-electron chi connectivity index (χ0n) is 18.8. The molecule has 3 rings (SSSR count). The molecule has 0 bridgehead atoms. The number of likely N-dealkylation sites (tertiary alicyclic amines) is 1. The van der Waals surface area contributed by atoms with Gasteiger partial charge in [0.2, 0.25) is 11.8 Å². The highest BCUT2D eigenvalue weighted by Crippen LogP contribution is 2.28. The summed E-state index contributed by atoms with van der Waals surface area (Å²) in [7, 11) is 3.21. The Bertz CT molecular complexity index is 910. The van der Waals surface area contributed by atoms with Gasteiger partial charge in [0.25, 0.3) is 0 Å². The Morgan fingerprint density at radius 3 is 2.42 bits per heavy atom. The molecule has 2 unspecified atom stereocenters. The van der Waals surface area contributed by atoms with Crippen LogP contribution in [0.2, 0.25) is 0 Å². The van der Waals surface area contributed by atoms with E-state index in [1.807, 2.05) is 25.1 Å². The summed E-state index contributed by atoms with van der Waals surface area (Å²) in [5.74, 6) is 1.01. The van der Waals surface area contributed by atoms with Gasteiger partial charge in [0.1, 0.15) is 0 Å². The number of carbonyl (C=O) groups is 2. The zero-order valence-corrected chi connectivity index (χ0v) is 18.8. The predicted octanol–water partition coefficient (Wildman–Crippen LogP) is 3.53. The van der Waals surface area contributed by atoms with Gasteiger partial charge in [-0.3, -0.25) is 9.59 Å². The molecule has 2 aromatic carbocycles. The van der Waals surface area contributed by atoms with Crippen LogP contribution >= 0.6 is 0 Å². The maximum Gasteiger partial charge on any atom is 0.225 e. The van der Waals surface area contributed by atoms with E-state index in [1.165, 1.54) is 5.56 Å². The third-order valence-electron chi connectivity index (χ3n) is 5.95. The first-order valence-corrected chi connectivity index (χ1v) is 10.8. The topological polar surface area (TPSA) is 67.9 Å². The second-order valence-electron chi connectivity index (χ2n) is 8.01. The van der Waals surface area contributed by atoms with Gasteiger partial charge in [0.15, 0.2) is 11.5 Å². The molecule has 1 aliphatic rings. The lowest BCUT2D eigenvalue weighted by molar-refractivity contribution is -0.129. The van der Waals surface area contributed by atoms with Crippen molar-refractivity contribution in [2.75, 3.05) is 27.3 Å². The summed E-state index contributed by atoms with van der Waals surface area (Å²) in [6.45, 7) is 5.13. The number of nitrogens with zero attached hydrogens (tertiary/aromatic N) is 1.